The van der Waals surface area contributed by atoms with Gasteiger partial charge < -0.3 is 10.5 Å². The van der Waals surface area contributed by atoms with Crippen molar-refractivity contribution >= 4 is 11.9 Å². The summed E-state index contributed by atoms with van der Waals surface area (Å²) in [5.74, 6) is -2.36. The van der Waals surface area contributed by atoms with Gasteiger partial charge in [-0.3, -0.25) is 4.79 Å². The lowest BCUT2D eigenvalue weighted by molar-refractivity contribution is -0.146. The molecule has 5 nitrogen and oxygen atoms in total. The van der Waals surface area contributed by atoms with Crippen LogP contribution in [0, 0.1) is 11.3 Å². The third-order valence-corrected chi connectivity index (χ3v) is 1.41. The molecular formula is C9H6N2O3. The lowest BCUT2D eigenvalue weighted by Gasteiger charge is -2.02. The third kappa shape index (κ3) is 2.08. The fourth-order valence-electron chi connectivity index (χ4n) is 0.798. The van der Waals surface area contributed by atoms with Crippen molar-refractivity contribution in [1.82, 2.24) is 0 Å². The number of ether oxygens (including phenoxy) is 1. The number of nitrogens with two attached hydrogens (primary N) is 1. The first-order valence-electron chi connectivity index (χ1n) is 3.66. The maximum absolute atomic E-state index is 10.8. The van der Waals surface area contributed by atoms with Crippen molar-refractivity contribution in [2.75, 3.05) is 0 Å². The number of carbonyl (C=O) groups is 2. The molecule has 0 saturated carbocycles. The fraction of sp³-hybridized carbons (Fsp3) is 0. The molecule has 0 heterocycles. The summed E-state index contributed by atoms with van der Waals surface area (Å²) in [6.07, 6.45) is 0. The Balaban J connectivity index is 2.93. The molecule has 0 atom stereocenters. The first-order chi connectivity index (χ1) is 6.65. The Morgan fingerprint density at radius 3 is 2.57 bits per heavy atom. The first-order valence-corrected chi connectivity index (χ1v) is 3.66. The second-order valence-electron chi connectivity index (χ2n) is 2.36. The van der Waals surface area contributed by atoms with Crippen LogP contribution in [0.3, 0.4) is 0 Å². The molecule has 0 aliphatic rings. The SMILES string of the molecule is N#Cc1ccccc1OC(=O)C(N)=O. The summed E-state index contributed by atoms with van der Waals surface area (Å²) in [7, 11) is 0. The summed E-state index contributed by atoms with van der Waals surface area (Å²) >= 11 is 0. The maximum Gasteiger partial charge on any atom is 0.402 e. The molecule has 0 saturated heterocycles. The molecule has 5 heteroatoms. The van der Waals surface area contributed by atoms with E-state index in [0.717, 1.165) is 0 Å². The summed E-state index contributed by atoms with van der Waals surface area (Å²) < 4.78 is 4.56. The Bertz CT molecular complexity index is 420. The van der Waals surface area contributed by atoms with E-state index in [1.165, 1.54) is 12.1 Å². The van der Waals surface area contributed by atoms with Crippen LogP contribution in [0.5, 0.6) is 5.75 Å². The van der Waals surface area contributed by atoms with Crippen molar-refractivity contribution in [2.24, 2.45) is 5.73 Å². The molecule has 0 aliphatic heterocycles. The maximum atomic E-state index is 10.8. The van der Waals surface area contributed by atoms with Gasteiger partial charge in [0.25, 0.3) is 0 Å². The van der Waals surface area contributed by atoms with E-state index in [0.29, 0.717) is 0 Å². The second kappa shape index (κ2) is 4.05. The molecule has 0 aliphatic carbocycles. The van der Waals surface area contributed by atoms with Gasteiger partial charge in [-0.25, -0.2) is 4.79 Å². The lowest BCUT2D eigenvalue weighted by atomic mass is 10.2. The number of carbonyl (C=O) groups excluding carboxylic acids is 2. The normalized spacial score (nSPS) is 8.79. The van der Waals surface area contributed by atoms with E-state index in [4.69, 9.17) is 5.26 Å². The standard InChI is InChI=1S/C9H6N2O3/c10-5-6-3-1-2-4-7(6)14-9(13)8(11)12/h1-4H,(H2,11,12). The minimum absolute atomic E-state index is 0.0267. The molecule has 0 unspecified atom stereocenters. The average molecular weight is 190 g/mol. The number of rotatable bonds is 1. The van der Waals surface area contributed by atoms with E-state index in [9.17, 15) is 9.59 Å². The van der Waals surface area contributed by atoms with Gasteiger partial charge in [0.1, 0.15) is 11.8 Å². The van der Waals surface area contributed by atoms with E-state index < -0.39 is 11.9 Å². The first kappa shape index (κ1) is 9.74. The van der Waals surface area contributed by atoms with Crippen LogP contribution in [-0.4, -0.2) is 11.9 Å². The lowest BCUT2D eigenvalue weighted by Crippen LogP contribution is -2.27. The zero-order valence-corrected chi connectivity index (χ0v) is 7.06. The molecular weight excluding hydrogens is 184 g/mol. The number of hydrogen-bond donors (Lipinski definition) is 1. The number of esters is 1. The number of amides is 1. The molecule has 14 heavy (non-hydrogen) atoms. The van der Waals surface area contributed by atoms with Gasteiger partial charge in [0, 0.05) is 0 Å². The summed E-state index contributed by atoms with van der Waals surface area (Å²) in [6, 6.07) is 7.86. The van der Waals surface area contributed by atoms with E-state index in [2.05, 4.69) is 10.5 Å². The van der Waals surface area contributed by atoms with E-state index >= 15 is 0 Å². The van der Waals surface area contributed by atoms with Crippen LogP contribution in [0.4, 0.5) is 0 Å². The Morgan fingerprint density at radius 2 is 2.00 bits per heavy atom. The molecule has 70 valence electrons. The number of primary amides is 1. The van der Waals surface area contributed by atoms with Crippen LogP contribution >= 0.6 is 0 Å². The quantitative estimate of drug-likeness (QED) is 0.381. The minimum atomic E-state index is -1.20. The molecule has 0 spiro atoms. The molecule has 1 rings (SSSR count). The summed E-state index contributed by atoms with van der Waals surface area (Å²) in [5.41, 5.74) is 4.85. The molecule has 0 aromatic heterocycles. The fourth-order valence-corrected chi connectivity index (χ4v) is 0.798. The van der Waals surface area contributed by atoms with Gasteiger partial charge in [-0.1, -0.05) is 12.1 Å². The number of nitrogens with zero attached hydrogens (tertiary/aromatic N) is 1. The van der Waals surface area contributed by atoms with Crippen LogP contribution in [0.1, 0.15) is 5.56 Å². The number of para-hydroxylation sites is 1. The van der Waals surface area contributed by atoms with Gasteiger partial charge in [0.2, 0.25) is 0 Å². The topological polar surface area (TPSA) is 93.2 Å². The molecule has 1 aromatic rings. The van der Waals surface area contributed by atoms with Crippen LogP contribution < -0.4 is 10.5 Å². The molecule has 2 N–H and O–H groups in total. The van der Waals surface area contributed by atoms with Crippen LogP contribution in [0.25, 0.3) is 0 Å². The van der Waals surface area contributed by atoms with Crippen LogP contribution in [0.2, 0.25) is 0 Å². The van der Waals surface area contributed by atoms with Crippen molar-refractivity contribution in [3.63, 3.8) is 0 Å². The molecule has 0 bridgehead atoms. The Morgan fingerprint density at radius 1 is 1.36 bits per heavy atom. The summed E-state index contributed by atoms with van der Waals surface area (Å²) in [6.45, 7) is 0. The minimum Gasteiger partial charge on any atom is -0.418 e. The zero-order chi connectivity index (χ0) is 10.6. The van der Waals surface area contributed by atoms with Gasteiger partial charge in [-0.05, 0) is 12.1 Å². The summed E-state index contributed by atoms with van der Waals surface area (Å²) in [5, 5.41) is 8.61. The molecule has 0 radical (unpaired) electrons. The summed E-state index contributed by atoms with van der Waals surface area (Å²) in [4.78, 5) is 21.1. The van der Waals surface area contributed by atoms with E-state index in [1.54, 1.807) is 12.1 Å². The monoisotopic (exact) mass is 190 g/mol. The molecule has 1 aromatic carbocycles. The highest BCUT2D eigenvalue weighted by Gasteiger charge is 2.13. The number of benzene rings is 1. The molecule has 1 amide bonds. The Labute approximate surface area is 79.7 Å². The van der Waals surface area contributed by atoms with Crippen LogP contribution in [0.15, 0.2) is 24.3 Å². The number of nitriles is 1. The van der Waals surface area contributed by atoms with Crippen molar-refractivity contribution in [1.29, 1.82) is 5.26 Å². The van der Waals surface area contributed by atoms with Gasteiger partial charge >= 0.3 is 11.9 Å². The van der Waals surface area contributed by atoms with Crippen molar-refractivity contribution < 1.29 is 14.3 Å². The van der Waals surface area contributed by atoms with E-state index in [-0.39, 0.29) is 11.3 Å². The van der Waals surface area contributed by atoms with E-state index in [1.807, 2.05) is 6.07 Å². The number of hydrogen-bond acceptors (Lipinski definition) is 4. The van der Waals surface area contributed by atoms with Crippen molar-refractivity contribution in [2.45, 2.75) is 0 Å². The Kier molecular flexibility index (Phi) is 2.82. The predicted octanol–water partition coefficient (Wildman–Crippen LogP) is -0.0510. The van der Waals surface area contributed by atoms with Gasteiger partial charge in [-0.2, -0.15) is 5.26 Å². The van der Waals surface area contributed by atoms with Gasteiger partial charge in [0.15, 0.2) is 0 Å². The largest absolute Gasteiger partial charge is 0.418 e. The smallest absolute Gasteiger partial charge is 0.402 e. The highest BCUT2D eigenvalue weighted by molar-refractivity contribution is 6.32. The zero-order valence-electron chi connectivity index (χ0n) is 7.06. The third-order valence-electron chi connectivity index (χ3n) is 1.41. The van der Waals surface area contributed by atoms with Crippen LogP contribution in [-0.2, 0) is 9.59 Å². The average Bonchev–Trinajstić information content (AvgIpc) is 2.18. The predicted molar refractivity (Wildman–Crippen MR) is 46.0 cm³/mol. The van der Waals surface area contributed by atoms with Gasteiger partial charge in [0.05, 0.1) is 5.56 Å². The van der Waals surface area contributed by atoms with Gasteiger partial charge in [-0.15, -0.1) is 0 Å². The second-order valence-corrected chi connectivity index (χ2v) is 2.36. The highest BCUT2D eigenvalue weighted by atomic mass is 16.5. The van der Waals surface area contributed by atoms with Crippen molar-refractivity contribution in [3.05, 3.63) is 29.8 Å². The van der Waals surface area contributed by atoms with Crippen molar-refractivity contribution in [3.8, 4) is 11.8 Å². The molecule has 0 fully saturated rings. The Hall–Kier alpha value is -2.35. The highest BCUT2D eigenvalue weighted by Crippen LogP contribution is 2.16.